The molecule has 0 radical (unpaired) electrons. The molecule has 0 aromatic carbocycles. The molecule has 0 aliphatic rings. The largest absolute Gasteiger partial charge is 0.299 e. The van der Waals surface area contributed by atoms with Gasteiger partial charge in [-0.05, 0) is 26.9 Å². The number of hydrazine groups is 1. The number of carbonyl (C=O) groups is 1. The highest BCUT2D eigenvalue weighted by Crippen LogP contribution is 2.08. The van der Waals surface area contributed by atoms with Crippen molar-refractivity contribution in [1.29, 1.82) is 0 Å². The van der Waals surface area contributed by atoms with Crippen LogP contribution in [0.15, 0.2) is 0 Å². The molecule has 1 atom stereocenters. The number of unbranched alkanes of at least 4 members (excludes halogenated alkanes) is 1. The fourth-order valence-corrected chi connectivity index (χ4v) is 1.53. The van der Waals surface area contributed by atoms with E-state index in [0.717, 1.165) is 25.8 Å². The van der Waals surface area contributed by atoms with E-state index in [1.54, 1.807) is 0 Å². The van der Waals surface area contributed by atoms with E-state index in [2.05, 4.69) is 18.1 Å². The van der Waals surface area contributed by atoms with Gasteiger partial charge in [0.15, 0.2) is 0 Å². The Morgan fingerprint density at radius 1 is 1.54 bits per heavy atom. The van der Waals surface area contributed by atoms with Crippen LogP contribution in [-0.4, -0.2) is 36.7 Å². The Hall–Kier alpha value is -0.100. The third-order valence-electron chi connectivity index (χ3n) is 1.96. The van der Waals surface area contributed by atoms with Crippen LogP contribution in [0.1, 0.15) is 19.3 Å². The number of likely N-dealkylation sites (N-methyl/N-ethyl adjacent to an activating group) is 1. The van der Waals surface area contributed by atoms with Crippen molar-refractivity contribution < 1.29 is 4.79 Å². The second-order valence-electron chi connectivity index (χ2n) is 3.27. The number of rotatable bonds is 7. The first-order valence-electron chi connectivity index (χ1n) is 4.42. The molecule has 13 heavy (non-hydrogen) atoms. The number of nitrogens with zero attached hydrogens (tertiary/aromatic N) is 1. The lowest BCUT2D eigenvalue weighted by Crippen LogP contribution is -2.33. The van der Waals surface area contributed by atoms with Gasteiger partial charge >= 0.3 is 0 Å². The number of carbonyl (C=O) groups excluding carboxylic acids is 1. The fraction of sp³-hybridized carbons (Fsp3) is 0.875. The van der Waals surface area contributed by atoms with Crippen molar-refractivity contribution in [2.24, 2.45) is 5.84 Å². The normalized spacial score (nSPS) is 13.3. The molecule has 0 fully saturated rings. The van der Waals surface area contributed by atoms with Crippen molar-refractivity contribution in [2.75, 3.05) is 20.6 Å². The summed E-state index contributed by atoms with van der Waals surface area (Å²) >= 11 is 3.84. The molecule has 0 unspecified atom stereocenters. The Balaban J connectivity index is 3.64. The van der Waals surface area contributed by atoms with Crippen molar-refractivity contribution in [3.8, 4) is 0 Å². The lowest BCUT2D eigenvalue weighted by atomic mass is 10.1. The smallest absolute Gasteiger partial charge is 0.203 e. The molecule has 0 rings (SSSR count). The van der Waals surface area contributed by atoms with Crippen LogP contribution in [0.5, 0.6) is 0 Å². The summed E-state index contributed by atoms with van der Waals surface area (Å²) in [6.45, 7) is 0.793. The number of hydrogen-bond acceptors (Lipinski definition) is 4. The molecule has 0 spiro atoms. The molecule has 5 heteroatoms. The van der Waals surface area contributed by atoms with Gasteiger partial charge in [-0.3, -0.25) is 21.0 Å². The minimum absolute atomic E-state index is 0.0642. The second kappa shape index (κ2) is 7.32. The zero-order chi connectivity index (χ0) is 10.3. The Morgan fingerprint density at radius 3 is 2.54 bits per heavy atom. The summed E-state index contributed by atoms with van der Waals surface area (Å²) in [6, 6.07) is -0.0684. The van der Waals surface area contributed by atoms with E-state index in [1.807, 2.05) is 19.0 Å². The predicted octanol–water partition coefficient (Wildman–Crippen LogP) is 0.00660. The van der Waals surface area contributed by atoms with Crippen molar-refractivity contribution in [1.82, 2.24) is 10.3 Å². The number of hydrogen-bond donors (Lipinski definition) is 3. The molecule has 78 valence electrons. The topological polar surface area (TPSA) is 58.4 Å². The molecule has 3 N–H and O–H groups in total. The number of nitrogens with one attached hydrogen (secondary N) is 1. The van der Waals surface area contributed by atoms with Gasteiger partial charge in [-0.2, -0.15) is 0 Å². The second-order valence-corrected chi connectivity index (χ2v) is 3.71. The maximum absolute atomic E-state index is 11.0. The van der Waals surface area contributed by atoms with E-state index in [0.29, 0.717) is 0 Å². The zero-order valence-electron chi connectivity index (χ0n) is 8.29. The first-order valence-corrected chi connectivity index (χ1v) is 4.87. The highest BCUT2D eigenvalue weighted by Gasteiger charge is 2.16. The van der Waals surface area contributed by atoms with Crippen LogP contribution in [-0.2, 0) is 4.79 Å². The molecule has 0 aromatic rings. The van der Waals surface area contributed by atoms with Crippen molar-refractivity contribution >= 4 is 17.7 Å². The lowest BCUT2D eigenvalue weighted by Gasteiger charge is -2.20. The van der Waals surface area contributed by atoms with Crippen LogP contribution in [0.25, 0.3) is 0 Å². The third-order valence-corrected chi connectivity index (χ3v) is 2.26. The highest BCUT2D eigenvalue weighted by molar-refractivity contribution is 7.96. The maximum atomic E-state index is 11.0. The summed E-state index contributed by atoms with van der Waals surface area (Å²) in [4.78, 5) is 12.9. The van der Waals surface area contributed by atoms with Crippen LogP contribution in [0.4, 0.5) is 0 Å². The maximum Gasteiger partial charge on any atom is 0.203 e. The molecule has 0 heterocycles. The van der Waals surface area contributed by atoms with Gasteiger partial charge in [-0.25, -0.2) is 0 Å². The quantitative estimate of drug-likeness (QED) is 0.237. The summed E-state index contributed by atoms with van der Waals surface area (Å²) in [7, 11) is 3.78. The van der Waals surface area contributed by atoms with Crippen LogP contribution >= 0.6 is 12.6 Å². The Labute approximate surface area is 85.2 Å². The van der Waals surface area contributed by atoms with Crippen LogP contribution in [0.2, 0.25) is 0 Å². The van der Waals surface area contributed by atoms with Gasteiger partial charge in [-0.1, -0.05) is 6.42 Å². The molecular formula is C8H19N3OS. The predicted molar refractivity (Wildman–Crippen MR) is 57.5 cm³/mol. The Bertz CT molecular complexity index is 152. The van der Waals surface area contributed by atoms with Crippen molar-refractivity contribution in [3.05, 3.63) is 0 Å². The van der Waals surface area contributed by atoms with Gasteiger partial charge in [0, 0.05) is 6.54 Å². The van der Waals surface area contributed by atoms with E-state index < -0.39 is 0 Å². The van der Waals surface area contributed by atoms with E-state index in [9.17, 15) is 4.79 Å². The number of nitrogens with two attached hydrogens (primary N) is 1. The molecule has 0 aliphatic heterocycles. The van der Waals surface area contributed by atoms with Gasteiger partial charge < -0.3 is 0 Å². The van der Waals surface area contributed by atoms with Gasteiger partial charge in [-0.15, -0.1) is 12.6 Å². The minimum atomic E-state index is -0.0684. The monoisotopic (exact) mass is 205 g/mol. The lowest BCUT2D eigenvalue weighted by molar-refractivity contribution is -0.114. The standard InChI is InChI=1S/C8H19N3OS/c1-11(2)7(8(12)13)5-3-4-6-10-9/h7,10H,3-6,9H2,1-2H3,(H,12,13)/t7-/m0/s1. The first-order chi connectivity index (χ1) is 6.09. The van der Waals surface area contributed by atoms with E-state index in [-0.39, 0.29) is 11.2 Å². The first kappa shape index (κ1) is 12.9. The summed E-state index contributed by atoms with van der Waals surface area (Å²) in [5.41, 5.74) is 2.58. The minimum Gasteiger partial charge on any atom is -0.299 e. The van der Waals surface area contributed by atoms with E-state index in [4.69, 9.17) is 5.84 Å². The summed E-state index contributed by atoms with van der Waals surface area (Å²) in [6.07, 6.45) is 2.82. The molecular weight excluding hydrogens is 186 g/mol. The van der Waals surface area contributed by atoms with Crippen LogP contribution < -0.4 is 11.3 Å². The van der Waals surface area contributed by atoms with Crippen LogP contribution in [0.3, 0.4) is 0 Å². The Kier molecular flexibility index (Phi) is 7.26. The van der Waals surface area contributed by atoms with Gasteiger partial charge in [0.05, 0.1) is 6.04 Å². The molecule has 0 saturated heterocycles. The summed E-state index contributed by atoms with van der Waals surface area (Å²) in [5.74, 6) is 5.12. The molecule has 0 saturated carbocycles. The SMILES string of the molecule is CN(C)[C@@H](CCCCNN)C(=O)S. The third kappa shape index (κ3) is 6.04. The van der Waals surface area contributed by atoms with Gasteiger partial charge in [0.2, 0.25) is 5.12 Å². The molecule has 4 nitrogen and oxygen atoms in total. The van der Waals surface area contributed by atoms with E-state index in [1.165, 1.54) is 0 Å². The molecule has 0 aliphatic carbocycles. The summed E-state index contributed by atoms with van der Waals surface area (Å²) in [5, 5.41) is -0.0642. The average molecular weight is 205 g/mol. The number of thiol groups is 1. The molecule has 0 aromatic heterocycles. The van der Waals surface area contributed by atoms with Crippen LogP contribution in [0, 0.1) is 0 Å². The Morgan fingerprint density at radius 2 is 2.15 bits per heavy atom. The van der Waals surface area contributed by atoms with Gasteiger partial charge in [0.1, 0.15) is 0 Å². The van der Waals surface area contributed by atoms with Crippen molar-refractivity contribution in [2.45, 2.75) is 25.3 Å². The fourth-order valence-electron chi connectivity index (χ4n) is 1.17. The highest BCUT2D eigenvalue weighted by atomic mass is 32.1. The van der Waals surface area contributed by atoms with E-state index >= 15 is 0 Å². The van der Waals surface area contributed by atoms with Gasteiger partial charge in [0.25, 0.3) is 0 Å². The average Bonchev–Trinajstić information content (AvgIpc) is 2.02. The van der Waals surface area contributed by atoms with Crippen molar-refractivity contribution in [3.63, 3.8) is 0 Å². The summed E-state index contributed by atoms with van der Waals surface area (Å²) < 4.78 is 0. The molecule has 0 bridgehead atoms. The molecule has 0 amide bonds. The zero-order valence-corrected chi connectivity index (χ0v) is 9.18.